The number of carbonyl (C=O) groups is 4. The molecule has 0 saturated heterocycles. The Hall–Kier alpha value is -2.54. The van der Waals surface area contributed by atoms with Crippen molar-refractivity contribution in [1.29, 1.82) is 0 Å². The van der Waals surface area contributed by atoms with Gasteiger partial charge in [0.05, 0.1) is 6.04 Å². The first-order valence-electron chi connectivity index (χ1n) is 9.00. The summed E-state index contributed by atoms with van der Waals surface area (Å²) < 4.78 is 0. The average molecular weight is 434 g/mol. The van der Waals surface area contributed by atoms with Crippen LogP contribution in [0.15, 0.2) is 4.99 Å². The third-order valence-corrected chi connectivity index (χ3v) is 4.49. The van der Waals surface area contributed by atoms with Crippen LogP contribution in [0, 0.1) is 0 Å². The summed E-state index contributed by atoms with van der Waals surface area (Å²) in [5.41, 5.74) is 21.3. The van der Waals surface area contributed by atoms with Crippen LogP contribution in [0.1, 0.15) is 32.1 Å². The number of carbonyl (C=O) groups excluding carboxylic acids is 3. The molecule has 0 rings (SSSR count). The summed E-state index contributed by atoms with van der Waals surface area (Å²) in [5.74, 6) is -2.69. The Balaban J connectivity index is 4.88. The third-order valence-electron chi connectivity index (χ3n) is 3.84. The SMILES string of the molecule is CSCC[C@H](NC(=O)[C@@H](N)CCCN=C(N)N)C(=O)N[C@@H](CCC(N)=O)C(=O)O. The molecule has 0 radical (unpaired) electrons. The molecule has 0 spiro atoms. The van der Waals surface area contributed by atoms with E-state index in [1.807, 2.05) is 6.26 Å². The second-order valence-electron chi connectivity index (χ2n) is 6.30. The molecule has 0 unspecified atom stereocenters. The lowest BCUT2D eigenvalue weighted by molar-refractivity contribution is -0.142. The predicted octanol–water partition coefficient (Wildman–Crippen LogP) is -2.56. The van der Waals surface area contributed by atoms with Gasteiger partial charge >= 0.3 is 5.97 Å². The van der Waals surface area contributed by atoms with E-state index in [-0.39, 0.29) is 25.2 Å². The van der Waals surface area contributed by atoms with Gasteiger partial charge in [0, 0.05) is 13.0 Å². The summed E-state index contributed by atoms with van der Waals surface area (Å²) in [5, 5.41) is 14.1. The van der Waals surface area contributed by atoms with Crippen LogP contribution < -0.4 is 33.6 Å². The molecular formula is C16H31N7O5S. The zero-order chi connectivity index (χ0) is 22.4. The zero-order valence-electron chi connectivity index (χ0n) is 16.4. The molecule has 13 heteroatoms. The summed E-state index contributed by atoms with van der Waals surface area (Å²) in [4.78, 5) is 50.8. The van der Waals surface area contributed by atoms with E-state index in [9.17, 15) is 24.3 Å². The number of hydrogen-bond acceptors (Lipinski definition) is 7. The maximum absolute atomic E-state index is 12.5. The molecule has 166 valence electrons. The highest BCUT2D eigenvalue weighted by Gasteiger charge is 2.27. The Bertz CT molecular complexity index is 598. The van der Waals surface area contributed by atoms with Crippen molar-refractivity contribution in [3.63, 3.8) is 0 Å². The van der Waals surface area contributed by atoms with Crippen molar-refractivity contribution in [1.82, 2.24) is 10.6 Å². The molecule has 0 aromatic rings. The van der Waals surface area contributed by atoms with Crippen LogP contribution in [-0.2, 0) is 19.2 Å². The Morgan fingerprint density at radius 2 is 1.62 bits per heavy atom. The largest absolute Gasteiger partial charge is 0.480 e. The summed E-state index contributed by atoms with van der Waals surface area (Å²) in [6.45, 7) is 0.319. The Morgan fingerprint density at radius 1 is 1.00 bits per heavy atom. The van der Waals surface area contributed by atoms with E-state index in [0.717, 1.165) is 0 Å². The number of nitrogens with zero attached hydrogens (tertiary/aromatic N) is 1. The first-order valence-corrected chi connectivity index (χ1v) is 10.4. The van der Waals surface area contributed by atoms with Gasteiger partial charge in [-0.2, -0.15) is 11.8 Å². The molecule has 0 fully saturated rings. The topological polar surface area (TPSA) is 229 Å². The lowest BCUT2D eigenvalue weighted by atomic mass is 10.1. The van der Waals surface area contributed by atoms with Crippen LogP contribution in [-0.4, -0.2) is 71.4 Å². The fourth-order valence-electron chi connectivity index (χ4n) is 2.25. The Labute approximate surface area is 173 Å². The molecule has 0 aliphatic carbocycles. The smallest absolute Gasteiger partial charge is 0.326 e. The number of nitrogens with one attached hydrogen (secondary N) is 2. The van der Waals surface area contributed by atoms with Gasteiger partial charge in [-0.25, -0.2) is 4.79 Å². The normalized spacial score (nSPS) is 13.6. The van der Waals surface area contributed by atoms with Crippen molar-refractivity contribution in [2.75, 3.05) is 18.6 Å². The van der Waals surface area contributed by atoms with Crippen molar-refractivity contribution in [2.45, 2.75) is 50.2 Å². The highest BCUT2D eigenvalue weighted by Crippen LogP contribution is 2.05. The van der Waals surface area contributed by atoms with Crippen LogP contribution in [0.5, 0.6) is 0 Å². The average Bonchev–Trinajstić information content (AvgIpc) is 2.64. The minimum Gasteiger partial charge on any atom is -0.480 e. The maximum atomic E-state index is 12.5. The number of amides is 3. The van der Waals surface area contributed by atoms with Gasteiger partial charge < -0.3 is 38.7 Å². The van der Waals surface area contributed by atoms with Crippen LogP contribution in [0.3, 0.4) is 0 Å². The van der Waals surface area contributed by atoms with E-state index in [0.29, 0.717) is 25.1 Å². The maximum Gasteiger partial charge on any atom is 0.326 e. The predicted molar refractivity (Wildman–Crippen MR) is 111 cm³/mol. The van der Waals surface area contributed by atoms with Crippen LogP contribution in [0.2, 0.25) is 0 Å². The summed E-state index contributed by atoms with van der Waals surface area (Å²) in [7, 11) is 0. The Morgan fingerprint density at radius 3 is 2.14 bits per heavy atom. The number of carboxylic acid groups (broad SMARTS) is 1. The van der Waals surface area contributed by atoms with E-state index in [1.165, 1.54) is 11.8 Å². The number of aliphatic imine (C=N–C) groups is 1. The fraction of sp³-hybridized carbons (Fsp3) is 0.688. The molecule has 0 aromatic heterocycles. The third kappa shape index (κ3) is 12.5. The van der Waals surface area contributed by atoms with Crippen molar-refractivity contribution < 1.29 is 24.3 Å². The van der Waals surface area contributed by atoms with E-state index >= 15 is 0 Å². The molecule has 0 aliphatic heterocycles. The van der Waals surface area contributed by atoms with E-state index in [4.69, 9.17) is 22.9 Å². The molecule has 0 aromatic carbocycles. The first kappa shape index (κ1) is 26.5. The van der Waals surface area contributed by atoms with Gasteiger partial charge in [0.25, 0.3) is 0 Å². The minimum atomic E-state index is -1.30. The molecule has 3 atom stereocenters. The van der Waals surface area contributed by atoms with Gasteiger partial charge in [-0.05, 0) is 37.7 Å². The van der Waals surface area contributed by atoms with Crippen LogP contribution >= 0.6 is 11.8 Å². The number of aliphatic carboxylic acids is 1. The Kier molecular flexibility index (Phi) is 13.2. The van der Waals surface area contributed by atoms with Gasteiger partial charge in [-0.3, -0.25) is 19.4 Å². The number of thioether (sulfide) groups is 1. The van der Waals surface area contributed by atoms with Crippen molar-refractivity contribution in [3.05, 3.63) is 0 Å². The first-order chi connectivity index (χ1) is 13.6. The summed E-state index contributed by atoms with van der Waals surface area (Å²) in [6.07, 6.45) is 2.54. The van der Waals surface area contributed by atoms with Gasteiger partial charge in [0.1, 0.15) is 12.1 Å². The molecule has 0 bridgehead atoms. The highest BCUT2D eigenvalue weighted by molar-refractivity contribution is 7.98. The van der Waals surface area contributed by atoms with Crippen LogP contribution in [0.4, 0.5) is 0 Å². The second-order valence-corrected chi connectivity index (χ2v) is 7.29. The number of nitrogens with two attached hydrogens (primary N) is 4. The van der Waals surface area contributed by atoms with Crippen molar-refractivity contribution in [3.8, 4) is 0 Å². The minimum absolute atomic E-state index is 0.0545. The van der Waals surface area contributed by atoms with Gasteiger partial charge in [0.2, 0.25) is 17.7 Å². The van der Waals surface area contributed by atoms with E-state index in [2.05, 4.69) is 15.6 Å². The standard InChI is InChI=1S/C16H31N7O5S/c1-29-8-6-10(14(26)23-11(15(27)28)4-5-12(18)24)22-13(25)9(17)3-2-7-21-16(19)20/h9-11H,2-8,17H2,1H3,(H2,18,24)(H,22,25)(H,23,26)(H,27,28)(H4,19,20,21)/t9-,10-,11-/m0/s1. The number of guanidine groups is 1. The fourth-order valence-corrected chi connectivity index (χ4v) is 2.72. The molecule has 29 heavy (non-hydrogen) atoms. The zero-order valence-corrected chi connectivity index (χ0v) is 17.2. The van der Waals surface area contributed by atoms with Crippen LogP contribution in [0.25, 0.3) is 0 Å². The number of primary amides is 1. The molecule has 12 nitrogen and oxygen atoms in total. The monoisotopic (exact) mass is 433 g/mol. The summed E-state index contributed by atoms with van der Waals surface area (Å²) in [6, 6.07) is -3.13. The lowest BCUT2D eigenvalue weighted by Crippen LogP contribution is -2.54. The van der Waals surface area contributed by atoms with Crippen molar-refractivity contribution >= 4 is 41.4 Å². The second kappa shape index (κ2) is 14.5. The van der Waals surface area contributed by atoms with Crippen molar-refractivity contribution in [2.24, 2.45) is 27.9 Å². The molecule has 11 N–H and O–H groups in total. The number of hydrogen-bond donors (Lipinski definition) is 7. The molecular weight excluding hydrogens is 402 g/mol. The highest BCUT2D eigenvalue weighted by atomic mass is 32.2. The van der Waals surface area contributed by atoms with E-state index in [1.54, 1.807) is 0 Å². The molecule has 0 aliphatic rings. The number of rotatable bonds is 15. The number of carboxylic acids is 1. The molecule has 3 amide bonds. The molecule has 0 heterocycles. The van der Waals surface area contributed by atoms with Gasteiger partial charge in [-0.15, -0.1) is 0 Å². The quantitative estimate of drug-likeness (QED) is 0.0816. The van der Waals surface area contributed by atoms with E-state index < -0.39 is 41.8 Å². The molecule has 0 saturated carbocycles. The lowest BCUT2D eigenvalue weighted by Gasteiger charge is -2.22. The van der Waals surface area contributed by atoms with Gasteiger partial charge in [-0.1, -0.05) is 0 Å². The van der Waals surface area contributed by atoms with Gasteiger partial charge in [0.15, 0.2) is 5.96 Å². The summed E-state index contributed by atoms with van der Waals surface area (Å²) >= 11 is 1.46.